The van der Waals surface area contributed by atoms with E-state index in [1.54, 1.807) is 0 Å². The number of halogens is 2. The lowest BCUT2D eigenvalue weighted by molar-refractivity contribution is -0.129. The summed E-state index contributed by atoms with van der Waals surface area (Å²) in [6.45, 7) is 4.83. The topological polar surface area (TPSA) is 90.5 Å². The highest BCUT2D eigenvalue weighted by molar-refractivity contribution is 6.31. The second-order valence-corrected chi connectivity index (χ2v) is 8.31. The summed E-state index contributed by atoms with van der Waals surface area (Å²) >= 11 is 5.76. The Balaban J connectivity index is 1.60. The van der Waals surface area contributed by atoms with Crippen LogP contribution in [0.1, 0.15) is 43.5 Å². The van der Waals surface area contributed by atoms with Crippen LogP contribution in [0.25, 0.3) is 0 Å². The number of hydrogen-bond acceptors (Lipinski definition) is 4. The number of nitrogens with zero attached hydrogens (tertiary/aromatic N) is 1. The van der Waals surface area contributed by atoms with Gasteiger partial charge in [-0.3, -0.25) is 19.3 Å². The molecule has 0 bridgehead atoms. The number of benzene rings is 1. The lowest BCUT2D eigenvalue weighted by Crippen LogP contribution is -2.58. The van der Waals surface area contributed by atoms with Crippen LogP contribution in [0.2, 0.25) is 5.02 Å². The molecule has 0 radical (unpaired) electrons. The number of carbonyl (C=O) groups is 3. The highest BCUT2D eigenvalue weighted by atomic mass is 35.5. The average Bonchev–Trinajstić information content (AvgIpc) is 3.07. The third-order valence-corrected chi connectivity index (χ3v) is 5.58. The van der Waals surface area contributed by atoms with Gasteiger partial charge < -0.3 is 16.0 Å². The average molecular weight is 425 g/mol. The molecule has 1 aromatic carbocycles. The molecule has 3 amide bonds. The zero-order valence-corrected chi connectivity index (χ0v) is 17.3. The zero-order valence-electron chi connectivity index (χ0n) is 16.5. The van der Waals surface area contributed by atoms with E-state index in [1.807, 2.05) is 13.8 Å². The van der Waals surface area contributed by atoms with Crippen molar-refractivity contribution in [2.45, 2.75) is 57.3 Å². The lowest BCUT2D eigenvalue weighted by Gasteiger charge is -2.37. The molecule has 0 spiro atoms. The van der Waals surface area contributed by atoms with Crippen molar-refractivity contribution in [1.82, 2.24) is 20.9 Å². The van der Waals surface area contributed by atoms with Gasteiger partial charge in [-0.2, -0.15) is 0 Å². The number of fused-ring (bicyclic) bond motifs is 1. The molecule has 1 aromatic rings. The van der Waals surface area contributed by atoms with E-state index in [4.69, 9.17) is 11.6 Å². The second kappa shape index (κ2) is 9.09. The summed E-state index contributed by atoms with van der Waals surface area (Å²) in [7, 11) is 0. The highest BCUT2D eigenvalue weighted by Gasteiger charge is 2.43. The summed E-state index contributed by atoms with van der Waals surface area (Å²) in [6, 6.07) is 3.40. The van der Waals surface area contributed by atoms with E-state index in [-0.39, 0.29) is 52.5 Å². The molecule has 9 heteroatoms. The third kappa shape index (κ3) is 5.25. The molecule has 3 N–H and O–H groups in total. The fourth-order valence-corrected chi connectivity index (χ4v) is 4.13. The lowest BCUT2D eigenvalue weighted by atomic mass is 10.0. The first-order valence-electron chi connectivity index (χ1n) is 9.83. The molecule has 7 nitrogen and oxygen atoms in total. The number of carbonyl (C=O) groups excluding carboxylic acids is 3. The van der Waals surface area contributed by atoms with Crippen LogP contribution in [0.15, 0.2) is 18.2 Å². The van der Waals surface area contributed by atoms with Crippen LogP contribution in [0.4, 0.5) is 4.39 Å². The van der Waals surface area contributed by atoms with Gasteiger partial charge in [0.05, 0.1) is 11.1 Å². The van der Waals surface area contributed by atoms with E-state index in [1.165, 1.54) is 12.1 Å². The van der Waals surface area contributed by atoms with Crippen LogP contribution < -0.4 is 16.0 Å². The number of hydrogen-bond donors (Lipinski definition) is 3. The molecule has 0 aliphatic carbocycles. The van der Waals surface area contributed by atoms with Gasteiger partial charge in [0.15, 0.2) is 0 Å². The predicted molar refractivity (Wildman–Crippen MR) is 107 cm³/mol. The van der Waals surface area contributed by atoms with Crippen molar-refractivity contribution in [2.75, 3.05) is 13.1 Å². The molecule has 3 atom stereocenters. The van der Waals surface area contributed by atoms with Crippen LogP contribution in [-0.2, 0) is 9.59 Å². The van der Waals surface area contributed by atoms with Gasteiger partial charge in [0.25, 0.3) is 5.91 Å². The van der Waals surface area contributed by atoms with Crippen LogP contribution in [0, 0.1) is 5.82 Å². The van der Waals surface area contributed by atoms with Crippen molar-refractivity contribution >= 4 is 29.3 Å². The number of amides is 3. The van der Waals surface area contributed by atoms with Crippen LogP contribution >= 0.6 is 11.6 Å². The first-order valence-corrected chi connectivity index (χ1v) is 10.2. The normalized spacial score (nSPS) is 24.2. The van der Waals surface area contributed by atoms with Crippen molar-refractivity contribution in [2.24, 2.45) is 0 Å². The number of rotatable bonds is 6. The smallest absolute Gasteiger partial charge is 0.251 e. The molecule has 0 aromatic heterocycles. The minimum atomic E-state index is -0.581. The molecule has 2 heterocycles. The predicted octanol–water partition coefficient (Wildman–Crippen LogP) is 1.45. The van der Waals surface area contributed by atoms with E-state index < -0.39 is 5.82 Å². The Morgan fingerprint density at radius 2 is 2.14 bits per heavy atom. The largest absolute Gasteiger partial charge is 0.354 e. The number of piperazine rings is 1. The Morgan fingerprint density at radius 3 is 2.83 bits per heavy atom. The highest BCUT2D eigenvalue weighted by Crippen LogP contribution is 2.26. The minimum Gasteiger partial charge on any atom is -0.354 e. The van der Waals surface area contributed by atoms with Crippen molar-refractivity contribution in [3.63, 3.8) is 0 Å². The van der Waals surface area contributed by atoms with Crippen molar-refractivity contribution in [3.8, 4) is 0 Å². The maximum atomic E-state index is 13.3. The zero-order chi connectivity index (χ0) is 21.1. The van der Waals surface area contributed by atoms with Gasteiger partial charge in [0.2, 0.25) is 11.8 Å². The third-order valence-electron chi connectivity index (χ3n) is 5.29. The maximum Gasteiger partial charge on any atom is 0.251 e. The number of nitrogens with one attached hydrogen (secondary N) is 3. The van der Waals surface area contributed by atoms with Gasteiger partial charge >= 0.3 is 0 Å². The summed E-state index contributed by atoms with van der Waals surface area (Å²) in [5.74, 6) is -1.01. The molecule has 0 unspecified atom stereocenters. The SMILES string of the molecule is CC(C)NC(=O)CC[C@@H]1CNC(=O)[C@@H]2C[C@H](NC(=O)c3ccc(F)c(Cl)c3)CN12. The summed E-state index contributed by atoms with van der Waals surface area (Å²) in [5, 5.41) is 8.57. The van der Waals surface area contributed by atoms with Crippen LogP contribution in [0.5, 0.6) is 0 Å². The first kappa shape index (κ1) is 21.5. The van der Waals surface area contributed by atoms with Crippen molar-refractivity contribution < 1.29 is 18.8 Å². The Bertz CT molecular complexity index is 804. The fraction of sp³-hybridized carbons (Fsp3) is 0.550. The summed E-state index contributed by atoms with van der Waals surface area (Å²) < 4.78 is 13.3. The monoisotopic (exact) mass is 424 g/mol. The van der Waals surface area contributed by atoms with Crippen LogP contribution in [0.3, 0.4) is 0 Å². The van der Waals surface area contributed by atoms with Gasteiger partial charge in [0, 0.05) is 43.2 Å². The molecule has 0 saturated carbocycles. The molecule has 3 rings (SSSR count). The summed E-state index contributed by atoms with van der Waals surface area (Å²) in [5.41, 5.74) is 0.271. The molecule has 29 heavy (non-hydrogen) atoms. The Hall–Kier alpha value is -2.19. The van der Waals surface area contributed by atoms with Crippen LogP contribution in [-0.4, -0.2) is 59.9 Å². The molecule has 2 saturated heterocycles. The van der Waals surface area contributed by atoms with Crippen molar-refractivity contribution in [1.29, 1.82) is 0 Å². The molecular weight excluding hydrogens is 399 g/mol. The van der Waals surface area contributed by atoms with E-state index in [0.29, 0.717) is 32.4 Å². The Labute approximate surface area is 174 Å². The minimum absolute atomic E-state index is 0.00862. The quantitative estimate of drug-likeness (QED) is 0.644. The van der Waals surface area contributed by atoms with E-state index >= 15 is 0 Å². The molecule has 2 fully saturated rings. The summed E-state index contributed by atoms with van der Waals surface area (Å²) in [4.78, 5) is 38.8. The standard InChI is InChI=1S/C20H26ClFN4O3/c1-11(2)24-18(27)6-4-14-9-23-20(29)17-8-13(10-26(14)17)25-19(28)12-3-5-16(22)15(21)7-12/h3,5,7,11,13-14,17H,4,6,8-10H2,1-2H3,(H,23,29)(H,24,27)(H,25,28)/t13-,14+,17-/m0/s1. The van der Waals surface area contributed by atoms with Gasteiger partial charge in [-0.25, -0.2) is 4.39 Å². The van der Waals surface area contributed by atoms with Gasteiger partial charge in [0.1, 0.15) is 5.82 Å². The second-order valence-electron chi connectivity index (χ2n) is 7.91. The van der Waals surface area contributed by atoms with E-state index in [9.17, 15) is 18.8 Å². The Morgan fingerprint density at radius 1 is 1.38 bits per heavy atom. The van der Waals surface area contributed by atoms with Gasteiger partial charge in [-0.05, 0) is 44.9 Å². The summed E-state index contributed by atoms with van der Waals surface area (Å²) in [6.07, 6.45) is 1.50. The van der Waals surface area contributed by atoms with E-state index in [0.717, 1.165) is 6.07 Å². The molecule has 158 valence electrons. The fourth-order valence-electron chi connectivity index (χ4n) is 3.95. The van der Waals surface area contributed by atoms with Gasteiger partial charge in [-0.1, -0.05) is 11.6 Å². The van der Waals surface area contributed by atoms with E-state index in [2.05, 4.69) is 20.9 Å². The Kier molecular flexibility index (Phi) is 6.74. The molecule has 2 aliphatic heterocycles. The first-order chi connectivity index (χ1) is 13.7. The molecule has 2 aliphatic rings. The molecular formula is C20H26ClFN4O3. The van der Waals surface area contributed by atoms with Crippen molar-refractivity contribution in [3.05, 3.63) is 34.6 Å². The maximum absolute atomic E-state index is 13.3. The van der Waals surface area contributed by atoms with Gasteiger partial charge in [-0.15, -0.1) is 0 Å².